The Morgan fingerprint density at radius 1 is 0.647 bits per heavy atom. The molecule has 0 saturated heterocycles. The number of aryl methyl sites for hydroxylation is 2. The first-order chi connectivity index (χ1) is 16.7. The molecular formula is C34H38. The quantitative estimate of drug-likeness (QED) is 0.217. The van der Waals surface area contributed by atoms with Crippen LogP contribution in [0.2, 0.25) is 0 Å². The third-order valence-electron chi connectivity index (χ3n) is 8.66. The van der Waals surface area contributed by atoms with Crippen molar-refractivity contribution in [2.75, 3.05) is 0 Å². The first-order valence-corrected chi connectivity index (χ1v) is 13.8. The lowest BCUT2D eigenvalue weighted by atomic mass is 9.77. The molecule has 0 spiro atoms. The summed E-state index contributed by atoms with van der Waals surface area (Å²) < 4.78 is 0. The van der Waals surface area contributed by atoms with Crippen LogP contribution in [-0.4, -0.2) is 0 Å². The van der Waals surface area contributed by atoms with Gasteiger partial charge in [-0.15, -0.1) is 0 Å². The topological polar surface area (TPSA) is 0 Å². The molecule has 0 heteroatoms. The Morgan fingerprint density at radius 3 is 2.12 bits per heavy atom. The Kier molecular flexibility index (Phi) is 5.94. The van der Waals surface area contributed by atoms with Crippen molar-refractivity contribution in [2.24, 2.45) is 0 Å². The molecule has 0 radical (unpaired) electrons. The molecule has 0 aromatic heterocycles. The second-order valence-electron chi connectivity index (χ2n) is 11.1. The Hall–Kier alpha value is -2.60. The maximum atomic E-state index is 2.55. The lowest BCUT2D eigenvalue weighted by molar-refractivity contribution is 0.588. The highest BCUT2D eigenvalue weighted by molar-refractivity contribution is 6.12. The fourth-order valence-electron chi connectivity index (χ4n) is 7.07. The van der Waals surface area contributed by atoms with Gasteiger partial charge in [-0.25, -0.2) is 0 Å². The molecule has 1 saturated carbocycles. The van der Waals surface area contributed by atoms with E-state index in [0.29, 0.717) is 11.8 Å². The molecule has 2 aliphatic carbocycles. The molecule has 0 atom stereocenters. The van der Waals surface area contributed by atoms with E-state index in [1.165, 1.54) is 96.9 Å². The Morgan fingerprint density at radius 2 is 1.35 bits per heavy atom. The lowest BCUT2D eigenvalue weighted by Crippen LogP contribution is -2.08. The van der Waals surface area contributed by atoms with Crippen LogP contribution in [-0.2, 0) is 12.8 Å². The number of benzene rings is 4. The number of fused-ring (bicyclic) bond motifs is 5. The van der Waals surface area contributed by atoms with E-state index in [1.807, 2.05) is 0 Å². The van der Waals surface area contributed by atoms with Gasteiger partial charge in [-0.1, -0.05) is 94.1 Å². The van der Waals surface area contributed by atoms with Gasteiger partial charge in [-0.05, 0) is 111 Å². The molecule has 0 nitrogen and oxygen atoms in total. The van der Waals surface area contributed by atoms with Crippen molar-refractivity contribution in [3.05, 3.63) is 82.9 Å². The van der Waals surface area contributed by atoms with Crippen molar-refractivity contribution in [1.82, 2.24) is 0 Å². The zero-order chi connectivity index (χ0) is 23.1. The minimum Gasteiger partial charge on any atom is -0.0622 e. The van der Waals surface area contributed by atoms with Gasteiger partial charge in [0.15, 0.2) is 0 Å². The lowest BCUT2D eigenvalue weighted by Gasteiger charge is -2.27. The van der Waals surface area contributed by atoms with Crippen LogP contribution < -0.4 is 0 Å². The third-order valence-corrected chi connectivity index (χ3v) is 8.66. The van der Waals surface area contributed by atoms with Gasteiger partial charge in [-0.3, -0.25) is 0 Å². The predicted octanol–water partition coefficient (Wildman–Crippen LogP) is 10.1. The normalized spacial score (nSPS) is 17.3. The van der Waals surface area contributed by atoms with Crippen molar-refractivity contribution >= 4 is 21.5 Å². The molecule has 174 valence electrons. The van der Waals surface area contributed by atoms with Gasteiger partial charge in [0.25, 0.3) is 0 Å². The molecule has 0 amide bonds. The van der Waals surface area contributed by atoms with Gasteiger partial charge < -0.3 is 0 Å². The molecule has 0 unspecified atom stereocenters. The van der Waals surface area contributed by atoms with Crippen molar-refractivity contribution in [3.63, 3.8) is 0 Å². The summed E-state index contributed by atoms with van der Waals surface area (Å²) in [6, 6.07) is 23.6. The summed E-state index contributed by atoms with van der Waals surface area (Å²) in [6.45, 7) is 4.82. The average Bonchev–Trinajstić information content (AvgIpc) is 3.17. The summed E-state index contributed by atoms with van der Waals surface area (Å²) in [6.07, 6.45) is 13.4. The second-order valence-corrected chi connectivity index (χ2v) is 11.1. The molecule has 4 aromatic carbocycles. The van der Waals surface area contributed by atoms with Crippen molar-refractivity contribution in [3.8, 4) is 11.1 Å². The number of rotatable bonds is 3. The van der Waals surface area contributed by atoms with Gasteiger partial charge >= 0.3 is 0 Å². The zero-order valence-electron chi connectivity index (χ0n) is 21.0. The average molecular weight is 447 g/mol. The number of hydrogen-bond donors (Lipinski definition) is 0. The van der Waals surface area contributed by atoms with Gasteiger partial charge in [0, 0.05) is 0 Å². The Balaban J connectivity index is 1.71. The van der Waals surface area contributed by atoms with E-state index in [4.69, 9.17) is 0 Å². The SMILES string of the molecule is CC(C)c1c(-c2ccccc2)cc2c(ccc3c4c(ccc32)CCCC4)c1C1CCCCCC1. The molecule has 4 aromatic rings. The van der Waals surface area contributed by atoms with Gasteiger partial charge in [-0.2, -0.15) is 0 Å². The Bertz CT molecular complexity index is 1320. The first kappa shape index (κ1) is 21.9. The highest BCUT2D eigenvalue weighted by Crippen LogP contribution is 2.46. The fourth-order valence-corrected chi connectivity index (χ4v) is 7.07. The highest BCUT2D eigenvalue weighted by Gasteiger charge is 2.25. The van der Waals surface area contributed by atoms with Crippen LogP contribution in [0.3, 0.4) is 0 Å². The maximum Gasteiger partial charge on any atom is -0.00961 e. The van der Waals surface area contributed by atoms with Gasteiger partial charge in [0.2, 0.25) is 0 Å². The van der Waals surface area contributed by atoms with Crippen LogP contribution in [0.15, 0.2) is 60.7 Å². The van der Waals surface area contributed by atoms with Crippen LogP contribution in [0.25, 0.3) is 32.7 Å². The van der Waals surface area contributed by atoms with Crippen LogP contribution in [0, 0.1) is 0 Å². The van der Waals surface area contributed by atoms with Crippen LogP contribution in [0.1, 0.15) is 99.3 Å². The van der Waals surface area contributed by atoms with Crippen molar-refractivity contribution < 1.29 is 0 Å². The predicted molar refractivity (Wildman–Crippen MR) is 148 cm³/mol. The molecule has 34 heavy (non-hydrogen) atoms. The van der Waals surface area contributed by atoms with Crippen LogP contribution in [0.5, 0.6) is 0 Å². The van der Waals surface area contributed by atoms with Gasteiger partial charge in [0.05, 0.1) is 0 Å². The minimum atomic E-state index is 0.511. The van der Waals surface area contributed by atoms with E-state index < -0.39 is 0 Å². The second kappa shape index (κ2) is 9.21. The standard InChI is InChI=1S/C34H38/c1-23(2)33-31(24-12-8-5-9-13-24)22-32-29-19-18-25-14-10-11-17-27(25)28(29)20-21-30(32)34(33)26-15-6-3-4-7-16-26/h5,8-9,12-13,18-23,26H,3-4,6-7,10-11,14-17H2,1-2H3. The molecule has 1 fully saturated rings. The first-order valence-electron chi connectivity index (χ1n) is 13.8. The fraction of sp³-hybridized carbons (Fsp3) is 0.412. The molecule has 6 rings (SSSR count). The third kappa shape index (κ3) is 3.76. The zero-order valence-corrected chi connectivity index (χ0v) is 21.0. The van der Waals surface area contributed by atoms with Gasteiger partial charge in [0.1, 0.15) is 0 Å². The monoisotopic (exact) mass is 446 g/mol. The maximum absolute atomic E-state index is 2.55. The van der Waals surface area contributed by atoms with Crippen molar-refractivity contribution in [2.45, 2.75) is 89.9 Å². The van der Waals surface area contributed by atoms with E-state index in [-0.39, 0.29) is 0 Å². The summed E-state index contributed by atoms with van der Waals surface area (Å²) in [5, 5.41) is 5.99. The molecular weight excluding hydrogens is 408 g/mol. The minimum absolute atomic E-state index is 0.511. The van der Waals surface area contributed by atoms with Crippen LogP contribution in [0.4, 0.5) is 0 Å². The summed E-state index contributed by atoms with van der Waals surface area (Å²) in [5.41, 5.74) is 9.32. The summed E-state index contributed by atoms with van der Waals surface area (Å²) in [5.74, 6) is 1.19. The van der Waals surface area contributed by atoms with E-state index in [0.717, 1.165) is 0 Å². The molecule has 2 aliphatic rings. The smallest absolute Gasteiger partial charge is 0.00961 e. The van der Waals surface area contributed by atoms with Crippen molar-refractivity contribution in [1.29, 1.82) is 0 Å². The Labute approximate surface area is 205 Å². The molecule has 0 heterocycles. The molecule has 0 aliphatic heterocycles. The largest absolute Gasteiger partial charge is 0.0622 e. The highest BCUT2D eigenvalue weighted by atomic mass is 14.3. The van der Waals surface area contributed by atoms with Crippen LogP contribution >= 0.6 is 0 Å². The van der Waals surface area contributed by atoms with E-state index >= 15 is 0 Å². The number of hydrogen-bond acceptors (Lipinski definition) is 0. The molecule has 0 N–H and O–H groups in total. The van der Waals surface area contributed by atoms with E-state index in [9.17, 15) is 0 Å². The molecule has 0 bridgehead atoms. The summed E-state index contributed by atoms with van der Waals surface area (Å²) >= 11 is 0. The van der Waals surface area contributed by atoms with E-state index in [2.05, 4.69) is 74.5 Å². The van der Waals surface area contributed by atoms with E-state index in [1.54, 1.807) is 22.3 Å². The summed E-state index contributed by atoms with van der Waals surface area (Å²) in [4.78, 5) is 0. The summed E-state index contributed by atoms with van der Waals surface area (Å²) in [7, 11) is 0.